The fourth-order valence-electron chi connectivity index (χ4n) is 3.63. The van der Waals surface area contributed by atoms with Crippen molar-refractivity contribution in [2.24, 2.45) is 0 Å². The van der Waals surface area contributed by atoms with Gasteiger partial charge in [-0.3, -0.25) is 0 Å². The summed E-state index contributed by atoms with van der Waals surface area (Å²) < 4.78 is 12.9. The highest BCUT2D eigenvalue weighted by Gasteiger charge is 2.18. The van der Waals surface area contributed by atoms with Gasteiger partial charge < -0.3 is 14.8 Å². The van der Waals surface area contributed by atoms with Crippen molar-refractivity contribution in [2.75, 3.05) is 19.5 Å². The number of benzene rings is 3. The van der Waals surface area contributed by atoms with Crippen molar-refractivity contribution >= 4 is 27.8 Å². The smallest absolute Gasteiger partial charge is 0.304 e. The first-order chi connectivity index (χ1) is 15.3. The number of hydrogen-bond acceptors (Lipinski definition) is 6. The summed E-state index contributed by atoms with van der Waals surface area (Å²) in [5.41, 5.74) is 3.54. The van der Waals surface area contributed by atoms with Gasteiger partial charge in [-0.05, 0) is 29.8 Å². The molecule has 0 saturated carbocycles. The zero-order valence-corrected chi connectivity index (χ0v) is 17.2. The van der Waals surface area contributed by atoms with Gasteiger partial charge in [0.25, 0.3) is 0 Å². The lowest BCUT2D eigenvalue weighted by molar-refractivity contribution is 0.374. The van der Waals surface area contributed by atoms with E-state index in [1.807, 2.05) is 65.2 Å². The molecule has 0 aliphatic rings. The van der Waals surface area contributed by atoms with E-state index in [9.17, 15) is 0 Å². The molecule has 0 fully saturated rings. The SMILES string of the molecule is COc1cccc2c(NCc3ccccc3)nc(-n3c(OC)nc4ccccc43)nc12. The molecule has 0 radical (unpaired) electrons. The molecule has 0 saturated heterocycles. The Morgan fingerprint density at radius 2 is 1.61 bits per heavy atom. The maximum absolute atomic E-state index is 5.59. The minimum atomic E-state index is 0.421. The summed E-state index contributed by atoms with van der Waals surface area (Å²) >= 11 is 0. The number of nitrogens with zero attached hydrogens (tertiary/aromatic N) is 4. The zero-order valence-electron chi connectivity index (χ0n) is 17.2. The van der Waals surface area contributed by atoms with E-state index in [1.165, 1.54) is 0 Å². The van der Waals surface area contributed by atoms with E-state index in [-0.39, 0.29) is 0 Å². The van der Waals surface area contributed by atoms with Crippen LogP contribution in [0, 0.1) is 0 Å². The van der Waals surface area contributed by atoms with Gasteiger partial charge in [0, 0.05) is 11.9 Å². The van der Waals surface area contributed by atoms with E-state index in [1.54, 1.807) is 14.2 Å². The van der Waals surface area contributed by atoms with Crippen molar-refractivity contribution in [2.45, 2.75) is 6.54 Å². The Morgan fingerprint density at radius 1 is 0.806 bits per heavy atom. The fourth-order valence-corrected chi connectivity index (χ4v) is 3.63. The van der Waals surface area contributed by atoms with Crippen LogP contribution in [0.25, 0.3) is 27.9 Å². The molecule has 7 nitrogen and oxygen atoms in total. The third kappa shape index (κ3) is 3.40. The van der Waals surface area contributed by atoms with Crippen molar-refractivity contribution in [1.29, 1.82) is 0 Å². The normalized spacial score (nSPS) is 11.0. The highest BCUT2D eigenvalue weighted by Crippen LogP contribution is 2.32. The van der Waals surface area contributed by atoms with E-state index in [0.29, 0.717) is 35.6 Å². The maximum atomic E-state index is 5.59. The summed E-state index contributed by atoms with van der Waals surface area (Å²) in [5, 5.41) is 4.34. The highest BCUT2D eigenvalue weighted by molar-refractivity contribution is 5.94. The largest absolute Gasteiger partial charge is 0.494 e. The number of ether oxygens (including phenoxy) is 2. The molecule has 0 unspecified atom stereocenters. The summed E-state index contributed by atoms with van der Waals surface area (Å²) in [4.78, 5) is 14.3. The van der Waals surface area contributed by atoms with E-state index in [0.717, 1.165) is 22.0 Å². The number of imidazole rings is 1. The number of aromatic nitrogens is 4. The molecule has 0 amide bonds. The Hall–Kier alpha value is -4.13. The van der Waals surface area contributed by atoms with Gasteiger partial charge in [0.1, 0.15) is 17.1 Å². The summed E-state index contributed by atoms with van der Waals surface area (Å²) in [6, 6.07) is 24.2. The predicted molar refractivity (Wildman–Crippen MR) is 121 cm³/mol. The minimum absolute atomic E-state index is 0.421. The standard InChI is InChI=1S/C24H21N5O2/c1-30-20-14-8-11-17-21(20)27-23(28-22(17)25-15-16-9-4-3-5-10-16)29-19-13-7-6-12-18(19)26-24(29)31-2/h3-14H,15H2,1-2H3,(H,25,27,28). The number of fused-ring (bicyclic) bond motifs is 2. The third-order valence-corrected chi connectivity index (χ3v) is 5.11. The fraction of sp³-hybridized carbons (Fsp3) is 0.125. The van der Waals surface area contributed by atoms with Gasteiger partial charge in [0.05, 0.1) is 25.3 Å². The molecule has 2 heterocycles. The van der Waals surface area contributed by atoms with Crippen LogP contribution in [0.5, 0.6) is 11.8 Å². The Bertz CT molecular complexity index is 1370. The van der Waals surface area contributed by atoms with Crippen LogP contribution in [0.4, 0.5) is 5.82 Å². The van der Waals surface area contributed by atoms with Crippen LogP contribution in [0.2, 0.25) is 0 Å². The molecule has 5 rings (SSSR count). The first-order valence-corrected chi connectivity index (χ1v) is 9.93. The van der Waals surface area contributed by atoms with Crippen LogP contribution in [0.15, 0.2) is 72.8 Å². The van der Waals surface area contributed by atoms with Crippen LogP contribution in [-0.4, -0.2) is 33.7 Å². The lowest BCUT2D eigenvalue weighted by atomic mass is 10.2. The average molecular weight is 411 g/mol. The van der Waals surface area contributed by atoms with Gasteiger partial charge in [-0.25, -0.2) is 9.55 Å². The van der Waals surface area contributed by atoms with Crippen molar-refractivity contribution in [1.82, 2.24) is 19.5 Å². The van der Waals surface area contributed by atoms with E-state index in [4.69, 9.17) is 19.4 Å². The molecule has 0 atom stereocenters. The summed E-state index contributed by atoms with van der Waals surface area (Å²) in [6.07, 6.45) is 0. The average Bonchev–Trinajstić information content (AvgIpc) is 3.21. The lowest BCUT2D eigenvalue weighted by Crippen LogP contribution is -2.09. The predicted octanol–water partition coefficient (Wildman–Crippen LogP) is 4.60. The number of para-hydroxylation sites is 3. The molecule has 0 aliphatic carbocycles. The van der Waals surface area contributed by atoms with Crippen LogP contribution in [-0.2, 0) is 6.54 Å². The molecule has 0 spiro atoms. The number of rotatable bonds is 6. The van der Waals surface area contributed by atoms with Gasteiger partial charge in [-0.15, -0.1) is 0 Å². The quantitative estimate of drug-likeness (QED) is 0.440. The van der Waals surface area contributed by atoms with Crippen LogP contribution in [0.3, 0.4) is 0 Å². The molecular weight excluding hydrogens is 390 g/mol. The van der Waals surface area contributed by atoms with Gasteiger partial charge in [-0.1, -0.05) is 48.5 Å². The molecule has 0 bridgehead atoms. The molecular formula is C24H21N5O2. The van der Waals surface area contributed by atoms with Gasteiger partial charge >= 0.3 is 6.01 Å². The highest BCUT2D eigenvalue weighted by atomic mass is 16.5. The van der Waals surface area contributed by atoms with Gasteiger partial charge in [-0.2, -0.15) is 9.97 Å². The van der Waals surface area contributed by atoms with Crippen molar-refractivity contribution in [3.05, 3.63) is 78.4 Å². The molecule has 2 aromatic heterocycles. The van der Waals surface area contributed by atoms with Crippen LogP contribution >= 0.6 is 0 Å². The number of nitrogens with one attached hydrogen (secondary N) is 1. The second-order valence-corrected chi connectivity index (χ2v) is 6.99. The van der Waals surface area contributed by atoms with Crippen LogP contribution < -0.4 is 14.8 Å². The molecule has 1 N–H and O–H groups in total. The topological polar surface area (TPSA) is 74.1 Å². The van der Waals surface area contributed by atoms with Crippen molar-refractivity contribution in [3.8, 4) is 17.7 Å². The van der Waals surface area contributed by atoms with E-state index in [2.05, 4.69) is 22.4 Å². The van der Waals surface area contributed by atoms with Crippen LogP contribution in [0.1, 0.15) is 5.56 Å². The first-order valence-electron chi connectivity index (χ1n) is 9.93. The third-order valence-electron chi connectivity index (χ3n) is 5.11. The minimum Gasteiger partial charge on any atom is -0.494 e. The molecule has 154 valence electrons. The molecule has 31 heavy (non-hydrogen) atoms. The molecule has 3 aromatic carbocycles. The first kappa shape index (κ1) is 18.9. The lowest BCUT2D eigenvalue weighted by Gasteiger charge is -2.14. The Kier molecular flexibility index (Phi) is 4.84. The molecule has 0 aliphatic heterocycles. The zero-order chi connectivity index (χ0) is 21.2. The Balaban J connectivity index is 1.71. The number of methoxy groups -OCH3 is 2. The maximum Gasteiger partial charge on any atom is 0.304 e. The molecule has 7 heteroatoms. The number of hydrogen-bond donors (Lipinski definition) is 1. The summed E-state index contributed by atoms with van der Waals surface area (Å²) in [7, 11) is 3.23. The Labute approximate surface area is 179 Å². The van der Waals surface area contributed by atoms with E-state index >= 15 is 0 Å². The van der Waals surface area contributed by atoms with Gasteiger partial charge in [0.2, 0.25) is 5.95 Å². The Morgan fingerprint density at radius 3 is 2.42 bits per heavy atom. The number of anilines is 1. The summed E-state index contributed by atoms with van der Waals surface area (Å²) in [6.45, 7) is 0.630. The summed E-state index contributed by atoms with van der Waals surface area (Å²) in [5.74, 6) is 1.84. The van der Waals surface area contributed by atoms with Gasteiger partial charge in [0.15, 0.2) is 0 Å². The van der Waals surface area contributed by atoms with E-state index < -0.39 is 0 Å². The molecule has 5 aromatic rings. The van der Waals surface area contributed by atoms with Crippen molar-refractivity contribution < 1.29 is 9.47 Å². The monoisotopic (exact) mass is 411 g/mol. The van der Waals surface area contributed by atoms with Crippen molar-refractivity contribution in [3.63, 3.8) is 0 Å². The second-order valence-electron chi connectivity index (χ2n) is 6.99. The second kappa shape index (κ2) is 7.95.